The van der Waals surface area contributed by atoms with E-state index in [1.54, 1.807) is 18.5 Å². The van der Waals surface area contributed by atoms with Crippen molar-refractivity contribution in [1.82, 2.24) is 9.97 Å². The molecule has 0 unspecified atom stereocenters. The van der Waals surface area contributed by atoms with Crippen molar-refractivity contribution in [2.24, 2.45) is 5.92 Å². The summed E-state index contributed by atoms with van der Waals surface area (Å²) in [5.74, 6) is 1.38. The lowest BCUT2D eigenvalue weighted by molar-refractivity contribution is 0.102. The summed E-state index contributed by atoms with van der Waals surface area (Å²) in [6.45, 7) is 4.27. The first-order valence-electron chi connectivity index (χ1n) is 7.76. The van der Waals surface area contributed by atoms with Crippen LogP contribution in [-0.2, 0) is 0 Å². The number of halogens is 1. The Balaban J connectivity index is 1.66. The number of nitrogens with zero attached hydrogens (tertiary/aromatic N) is 3. The monoisotopic (exact) mass is 422 g/mol. The quantitative estimate of drug-likeness (QED) is 0.769. The van der Waals surface area contributed by atoms with Gasteiger partial charge in [0.05, 0.1) is 23.6 Å². The molecule has 1 aromatic heterocycles. The Morgan fingerprint density at radius 2 is 1.87 bits per heavy atom. The highest BCUT2D eigenvalue weighted by molar-refractivity contribution is 14.1. The molecule has 3 rings (SSSR count). The largest absolute Gasteiger partial charge is 0.341 e. The van der Waals surface area contributed by atoms with Crippen LogP contribution < -0.4 is 10.2 Å². The number of hydrogen-bond donors (Lipinski definition) is 1. The molecule has 0 radical (unpaired) electrons. The number of anilines is 2. The normalized spacial score (nSPS) is 15.5. The van der Waals surface area contributed by atoms with Gasteiger partial charge in [0, 0.05) is 16.7 Å². The SMILES string of the molecule is CC1CCN(c2ncc(NC(=O)c3ccccc3I)cn2)CC1. The first-order chi connectivity index (χ1) is 11.1. The highest BCUT2D eigenvalue weighted by atomic mass is 127. The van der Waals surface area contributed by atoms with Crippen molar-refractivity contribution in [2.45, 2.75) is 19.8 Å². The van der Waals surface area contributed by atoms with Gasteiger partial charge in [-0.05, 0) is 53.5 Å². The molecule has 6 heteroatoms. The fourth-order valence-electron chi connectivity index (χ4n) is 2.60. The topological polar surface area (TPSA) is 58.1 Å². The highest BCUT2D eigenvalue weighted by Crippen LogP contribution is 2.20. The minimum absolute atomic E-state index is 0.141. The second-order valence-corrected chi connectivity index (χ2v) is 7.04. The predicted molar refractivity (Wildman–Crippen MR) is 99.8 cm³/mol. The van der Waals surface area contributed by atoms with Crippen LogP contribution in [0.4, 0.5) is 11.6 Å². The van der Waals surface area contributed by atoms with E-state index in [0.29, 0.717) is 11.3 Å². The van der Waals surface area contributed by atoms with Gasteiger partial charge in [-0.15, -0.1) is 0 Å². The average molecular weight is 422 g/mol. The van der Waals surface area contributed by atoms with E-state index >= 15 is 0 Å². The number of nitrogens with one attached hydrogen (secondary N) is 1. The van der Waals surface area contributed by atoms with Crippen LogP contribution in [0.25, 0.3) is 0 Å². The van der Waals surface area contributed by atoms with E-state index in [1.165, 1.54) is 12.8 Å². The number of carbonyl (C=O) groups is 1. The number of amides is 1. The smallest absolute Gasteiger partial charge is 0.256 e. The molecule has 1 fully saturated rings. The lowest BCUT2D eigenvalue weighted by Crippen LogP contribution is -2.34. The first-order valence-corrected chi connectivity index (χ1v) is 8.84. The third kappa shape index (κ3) is 3.99. The number of carbonyl (C=O) groups excluding carboxylic acids is 1. The second-order valence-electron chi connectivity index (χ2n) is 5.88. The molecule has 23 heavy (non-hydrogen) atoms. The Bertz CT molecular complexity index is 681. The summed E-state index contributed by atoms with van der Waals surface area (Å²) in [5, 5.41) is 2.85. The third-order valence-electron chi connectivity index (χ3n) is 4.08. The second kappa shape index (κ2) is 7.25. The Hall–Kier alpha value is -1.70. The van der Waals surface area contributed by atoms with Crippen LogP contribution in [0.5, 0.6) is 0 Å². The molecule has 0 spiro atoms. The van der Waals surface area contributed by atoms with E-state index in [9.17, 15) is 4.79 Å². The molecule has 1 aromatic carbocycles. The Kier molecular flexibility index (Phi) is 5.09. The van der Waals surface area contributed by atoms with Gasteiger partial charge in [0.15, 0.2) is 0 Å². The number of piperidine rings is 1. The third-order valence-corrected chi connectivity index (χ3v) is 5.02. The zero-order chi connectivity index (χ0) is 16.2. The lowest BCUT2D eigenvalue weighted by atomic mass is 10.00. The van der Waals surface area contributed by atoms with Crippen molar-refractivity contribution in [3.8, 4) is 0 Å². The maximum absolute atomic E-state index is 12.3. The van der Waals surface area contributed by atoms with Crippen LogP contribution in [0.2, 0.25) is 0 Å². The van der Waals surface area contributed by atoms with Crippen LogP contribution in [0.3, 0.4) is 0 Å². The molecule has 1 aliphatic heterocycles. The minimum atomic E-state index is -0.141. The summed E-state index contributed by atoms with van der Waals surface area (Å²) >= 11 is 2.16. The van der Waals surface area contributed by atoms with Crippen molar-refractivity contribution < 1.29 is 4.79 Å². The first kappa shape index (κ1) is 16.2. The Morgan fingerprint density at radius 1 is 1.22 bits per heavy atom. The molecule has 0 saturated carbocycles. The summed E-state index contributed by atoms with van der Waals surface area (Å²) in [5.41, 5.74) is 1.27. The molecule has 5 nitrogen and oxygen atoms in total. The fraction of sp³-hybridized carbons (Fsp3) is 0.353. The maximum atomic E-state index is 12.3. The van der Waals surface area contributed by atoms with Gasteiger partial charge >= 0.3 is 0 Å². The summed E-state index contributed by atoms with van der Waals surface area (Å²) in [4.78, 5) is 23.3. The van der Waals surface area contributed by atoms with E-state index in [-0.39, 0.29) is 5.91 Å². The molecule has 2 aromatic rings. The molecule has 1 amide bonds. The molecule has 1 N–H and O–H groups in total. The zero-order valence-electron chi connectivity index (χ0n) is 13.0. The van der Waals surface area contributed by atoms with Crippen molar-refractivity contribution in [3.63, 3.8) is 0 Å². The lowest BCUT2D eigenvalue weighted by Gasteiger charge is -2.30. The number of hydrogen-bond acceptors (Lipinski definition) is 4. The summed E-state index contributed by atoms with van der Waals surface area (Å²) in [6.07, 6.45) is 5.70. The molecule has 1 aliphatic rings. The standard InChI is InChI=1S/C17H19IN4O/c1-12-6-8-22(9-7-12)17-19-10-13(11-20-17)21-16(23)14-4-2-3-5-15(14)18/h2-5,10-12H,6-9H2,1H3,(H,21,23). The van der Waals surface area contributed by atoms with Crippen molar-refractivity contribution >= 4 is 40.1 Å². The molecular weight excluding hydrogens is 403 g/mol. The molecule has 0 atom stereocenters. The maximum Gasteiger partial charge on any atom is 0.256 e. The molecule has 0 aliphatic carbocycles. The average Bonchev–Trinajstić information content (AvgIpc) is 2.57. The molecular formula is C17H19IN4O. The van der Waals surface area contributed by atoms with E-state index in [0.717, 1.165) is 28.5 Å². The van der Waals surface area contributed by atoms with Gasteiger partial charge in [0.1, 0.15) is 0 Å². The van der Waals surface area contributed by atoms with Gasteiger partial charge in [-0.25, -0.2) is 9.97 Å². The van der Waals surface area contributed by atoms with E-state index in [2.05, 4.69) is 49.7 Å². The molecule has 2 heterocycles. The molecule has 1 saturated heterocycles. The van der Waals surface area contributed by atoms with Crippen LogP contribution in [0.15, 0.2) is 36.7 Å². The fourth-order valence-corrected chi connectivity index (χ4v) is 3.23. The van der Waals surface area contributed by atoms with Crippen LogP contribution in [0.1, 0.15) is 30.1 Å². The van der Waals surface area contributed by atoms with Crippen molar-refractivity contribution in [2.75, 3.05) is 23.3 Å². The highest BCUT2D eigenvalue weighted by Gasteiger charge is 2.18. The Labute approximate surface area is 149 Å². The van der Waals surface area contributed by atoms with Gasteiger partial charge in [0.25, 0.3) is 5.91 Å². The predicted octanol–water partition coefficient (Wildman–Crippen LogP) is 3.57. The molecule has 0 bridgehead atoms. The minimum Gasteiger partial charge on any atom is -0.341 e. The van der Waals surface area contributed by atoms with E-state index in [4.69, 9.17) is 0 Å². The molecule has 120 valence electrons. The van der Waals surface area contributed by atoms with Crippen LogP contribution >= 0.6 is 22.6 Å². The van der Waals surface area contributed by atoms with Gasteiger partial charge in [-0.3, -0.25) is 4.79 Å². The van der Waals surface area contributed by atoms with Gasteiger partial charge in [-0.1, -0.05) is 19.1 Å². The zero-order valence-corrected chi connectivity index (χ0v) is 15.2. The van der Waals surface area contributed by atoms with Crippen molar-refractivity contribution in [3.05, 3.63) is 45.8 Å². The van der Waals surface area contributed by atoms with Gasteiger partial charge < -0.3 is 10.2 Å². The van der Waals surface area contributed by atoms with E-state index < -0.39 is 0 Å². The summed E-state index contributed by atoms with van der Waals surface area (Å²) in [6, 6.07) is 7.48. The number of benzene rings is 1. The van der Waals surface area contributed by atoms with Crippen molar-refractivity contribution in [1.29, 1.82) is 0 Å². The van der Waals surface area contributed by atoms with Crippen LogP contribution in [-0.4, -0.2) is 29.0 Å². The Morgan fingerprint density at radius 3 is 2.52 bits per heavy atom. The van der Waals surface area contributed by atoms with Gasteiger partial charge in [0.2, 0.25) is 5.95 Å². The van der Waals surface area contributed by atoms with Crippen LogP contribution in [0, 0.1) is 9.49 Å². The number of rotatable bonds is 3. The number of aromatic nitrogens is 2. The summed E-state index contributed by atoms with van der Waals surface area (Å²) < 4.78 is 0.919. The summed E-state index contributed by atoms with van der Waals surface area (Å²) in [7, 11) is 0. The van der Waals surface area contributed by atoms with Gasteiger partial charge in [-0.2, -0.15) is 0 Å². The van der Waals surface area contributed by atoms with E-state index in [1.807, 2.05) is 18.2 Å².